The van der Waals surface area contributed by atoms with Crippen LogP contribution < -0.4 is 0 Å². The van der Waals surface area contributed by atoms with Gasteiger partial charge in [-0.05, 0) is 31.1 Å². The zero-order valence-corrected chi connectivity index (χ0v) is 15.1. The van der Waals surface area contributed by atoms with Crippen LogP contribution in [0, 0.1) is 17.3 Å². The molecule has 0 amide bonds. The number of fused-ring (bicyclic) bond motifs is 2. The second kappa shape index (κ2) is 6.00. The van der Waals surface area contributed by atoms with Crippen LogP contribution in [0.4, 0.5) is 0 Å². The van der Waals surface area contributed by atoms with Crippen LogP contribution in [0.15, 0.2) is 23.3 Å². The van der Waals surface area contributed by atoms with Gasteiger partial charge in [-0.2, -0.15) is 0 Å². The van der Waals surface area contributed by atoms with Crippen molar-refractivity contribution in [1.82, 2.24) is 0 Å². The van der Waals surface area contributed by atoms with E-state index in [0.717, 1.165) is 18.4 Å². The van der Waals surface area contributed by atoms with Crippen LogP contribution in [0.25, 0.3) is 0 Å². The number of cyclic esters (lactones) is 1. The zero-order chi connectivity index (χ0) is 18.5. The molecule has 1 saturated carbocycles. The van der Waals surface area contributed by atoms with Crippen molar-refractivity contribution < 1.29 is 28.6 Å². The Morgan fingerprint density at radius 2 is 1.88 bits per heavy atom. The largest absolute Gasteiger partial charge is 0.457 e. The lowest BCUT2D eigenvalue weighted by Gasteiger charge is -2.50. The Morgan fingerprint density at radius 1 is 1.24 bits per heavy atom. The van der Waals surface area contributed by atoms with Crippen LogP contribution >= 0.6 is 0 Å². The van der Waals surface area contributed by atoms with Gasteiger partial charge in [0.2, 0.25) is 0 Å². The topological polar surface area (TPSA) is 78.9 Å². The Balaban J connectivity index is 2.12. The summed E-state index contributed by atoms with van der Waals surface area (Å²) in [6.07, 6.45) is 0.521. The van der Waals surface area contributed by atoms with Gasteiger partial charge >= 0.3 is 17.9 Å². The van der Waals surface area contributed by atoms with E-state index in [1.807, 2.05) is 0 Å². The average molecular weight is 348 g/mol. The van der Waals surface area contributed by atoms with Gasteiger partial charge in [0.15, 0.2) is 0 Å². The van der Waals surface area contributed by atoms with Gasteiger partial charge in [-0.25, -0.2) is 4.79 Å². The van der Waals surface area contributed by atoms with E-state index in [2.05, 4.69) is 20.4 Å². The predicted octanol–water partition coefficient (Wildman–Crippen LogP) is 2.67. The summed E-state index contributed by atoms with van der Waals surface area (Å²) in [7, 11) is 0. The van der Waals surface area contributed by atoms with Crippen molar-refractivity contribution in [3.63, 3.8) is 0 Å². The summed E-state index contributed by atoms with van der Waals surface area (Å²) in [5, 5.41) is 0. The van der Waals surface area contributed by atoms with Crippen LogP contribution in [0.1, 0.15) is 47.0 Å². The maximum atomic E-state index is 12.5. The normalized spacial score (nSPS) is 37.1. The molecule has 0 unspecified atom stereocenters. The van der Waals surface area contributed by atoms with Crippen LogP contribution in [0.2, 0.25) is 0 Å². The summed E-state index contributed by atoms with van der Waals surface area (Å²) in [5.74, 6) is -1.17. The van der Waals surface area contributed by atoms with Gasteiger partial charge in [-0.1, -0.05) is 26.0 Å². The summed E-state index contributed by atoms with van der Waals surface area (Å²) in [6, 6.07) is 0. The van der Waals surface area contributed by atoms with E-state index in [1.165, 1.54) is 13.8 Å². The predicted molar refractivity (Wildman–Crippen MR) is 88.0 cm³/mol. The molecule has 6 heteroatoms. The molecule has 136 valence electrons. The lowest BCUT2D eigenvalue weighted by molar-refractivity contribution is -0.174. The van der Waals surface area contributed by atoms with Gasteiger partial charge < -0.3 is 14.2 Å². The molecule has 0 N–H and O–H groups in total. The molecule has 0 spiro atoms. The number of hydrogen-bond acceptors (Lipinski definition) is 6. The number of ether oxygens (including phenoxy) is 3. The Morgan fingerprint density at radius 3 is 2.48 bits per heavy atom. The molecule has 0 bridgehead atoms. The number of rotatable bonds is 2. The summed E-state index contributed by atoms with van der Waals surface area (Å²) >= 11 is 0. The van der Waals surface area contributed by atoms with E-state index in [-0.39, 0.29) is 5.92 Å². The van der Waals surface area contributed by atoms with Crippen molar-refractivity contribution >= 4 is 17.9 Å². The van der Waals surface area contributed by atoms with Crippen LogP contribution in [-0.4, -0.2) is 30.3 Å². The lowest BCUT2D eigenvalue weighted by atomic mass is 9.54. The molecule has 0 aromatic carbocycles. The van der Waals surface area contributed by atoms with Crippen LogP contribution in [0.3, 0.4) is 0 Å². The van der Waals surface area contributed by atoms with Crippen molar-refractivity contribution in [3.05, 3.63) is 23.3 Å². The van der Waals surface area contributed by atoms with E-state index in [1.54, 1.807) is 0 Å². The van der Waals surface area contributed by atoms with E-state index < -0.39 is 35.7 Å². The van der Waals surface area contributed by atoms with Gasteiger partial charge in [0.1, 0.15) is 6.10 Å². The number of hydrogen-bond donors (Lipinski definition) is 0. The summed E-state index contributed by atoms with van der Waals surface area (Å²) in [5.41, 5.74) is 1.66. The fourth-order valence-corrected chi connectivity index (χ4v) is 4.57. The quantitative estimate of drug-likeness (QED) is 0.564. The number of carbonyl (C=O) groups is 3. The first-order valence-corrected chi connectivity index (χ1v) is 8.63. The smallest absolute Gasteiger partial charge is 0.341 e. The first kappa shape index (κ1) is 17.7. The highest BCUT2D eigenvalue weighted by molar-refractivity contribution is 5.94. The maximum absolute atomic E-state index is 12.5. The standard InChI is InChI=1S/C19H24O6/c1-9-6-7-19(5)13(10(9)2)8-14(23-11(3)20)15-16(19)18(24-12(4)21)25-17(15)22/h9,13-14,18H,2,6-8H2,1,3-5H3/t9-,13-,14+,18+,19-/m0/s1. The molecule has 2 aliphatic carbocycles. The molecule has 1 heterocycles. The van der Waals surface area contributed by atoms with Gasteiger partial charge in [-0.3, -0.25) is 9.59 Å². The van der Waals surface area contributed by atoms with Crippen molar-refractivity contribution in [2.45, 2.75) is 59.4 Å². The molecule has 1 aliphatic heterocycles. The highest BCUT2D eigenvalue weighted by Crippen LogP contribution is 2.59. The molecule has 6 nitrogen and oxygen atoms in total. The van der Waals surface area contributed by atoms with E-state index in [4.69, 9.17) is 14.2 Å². The molecule has 5 atom stereocenters. The zero-order valence-electron chi connectivity index (χ0n) is 15.1. The Bertz CT molecular complexity index is 690. The van der Waals surface area contributed by atoms with Crippen LogP contribution in [-0.2, 0) is 28.6 Å². The first-order valence-electron chi connectivity index (χ1n) is 8.63. The third-order valence-electron chi connectivity index (χ3n) is 5.87. The summed E-state index contributed by atoms with van der Waals surface area (Å²) in [6.45, 7) is 11.0. The molecule has 0 radical (unpaired) electrons. The number of allylic oxidation sites excluding steroid dienone is 1. The molecule has 1 fully saturated rings. The molecule has 0 aromatic rings. The minimum Gasteiger partial charge on any atom is -0.457 e. The fourth-order valence-electron chi connectivity index (χ4n) is 4.57. The second-order valence-corrected chi connectivity index (χ2v) is 7.49. The van der Waals surface area contributed by atoms with Crippen LogP contribution in [0.5, 0.6) is 0 Å². The van der Waals surface area contributed by atoms with E-state index in [0.29, 0.717) is 23.5 Å². The van der Waals surface area contributed by atoms with E-state index >= 15 is 0 Å². The first-order chi connectivity index (χ1) is 11.6. The van der Waals surface area contributed by atoms with Crippen molar-refractivity contribution in [2.24, 2.45) is 17.3 Å². The summed E-state index contributed by atoms with van der Waals surface area (Å²) < 4.78 is 16.0. The molecule has 3 aliphatic rings. The Hall–Kier alpha value is -2.11. The molecule has 3 rings (SSSR count). The number of esters is 3. The highest BCUT2D eigenvalue weighted by atomic mass is 16.7. The van der Waals surface area contributed by atoms with Gasteiger partial charge in [-0.15, -0.1) is 0 Å². The van der Waals surface area contributed by atoms with E-state index in [9.17, 15) is 14.4 Å². The molecule has 0 saturated heterocycles. The average Bonchev–Trinajstić information content (AvgIpc) is 2.82. The fraction of sp³-hybridized carbons (Fsp3) is 0.632. The molecular weight excluding hydrogens is 324 g/mol. The molecule has 0 aromatic heterocycles. The molecule has 25 heavy (non-hydrogen) atoms. The van der Waals surface area contributed by atoms with Gasteiger partial charge in [0.25, 0.3) is 6.29 Å². The van der Waals surface area contributed by atoms with Gasteiger partial charge in [0.05, 0.1) is 5.57 Å². The Labute approximate surface area is 147 Å². The minimum absolute atomic E-state index is 0.0342. The highest BCUT2D eigenvalue weighted by Gasteiger charge is 2.58. The Kier molecular flexibility index (Phi) is 4.25. The van der Waals surface area contributed by atoms with Crippen molar-refractivity contribution in [3.8, 4) is 0 Å². The third kappa shape index (κ3) is 2.77. The van der Waals surface area contributed by atoms with Crippen molar-refractivity contribution in [2.75, 3.05) is 0 Å². The SMILES string of the molecule is C=C1[C@@H](C)CC[C@]2(C)C3=C(C(=O)O[C@H]3OC(C)=O)[C@H](OC(C)=O)C[C@@H]12. The monoisotopic (exact) mass is 348 g/mol. The second-order valence-electron chi connectivity index (χ2n) is 7.49. The number of carbonyl (C=O) groups excluding carboxylic acids is 3. The molecular formula is C19H24O6. The lowest BCUT2D eigenvalue weighted by Crippen LogP contribution is -2.46. The minimum atomic E-state index is -1.05. The third-order valence-corrected chi connectivity index (χ3v) is 5.87. The maximum Gasteiger partial charge on any atom is 0.341 e. The van der Waals surface area contributed by atoms with Crippen molar-refractivity contribution in [1.29, 1.82) is 0 Å². The summed E-state index contributed by atoms with van der Waals surface area (Å²) in [4.78, 5) is 35.5. The van der Waals surface area contributed by atoms with Gasteiger partial charge in [0, 0.05) is 24.8 Å².